The van der Waals surface area contributed by atoms with Crippen molar-refractivity contribution in [2.45, 2.75) is 38.7 Å². The van der Waals surface area contributed by atoms with Gasteiger partial charge in [0.25, 0.3) is 6.43 Å². The van der Waals surface area contributed by atoms with E-state index in [1.165, 1.54) is 12.1 Å². The molecule has 3 rings (SSSR count). The van der Waals surface area contributed by atoms with Crippen LogP contribution in [-0.4, -0.2) is 9.55 Å². The predicted molar refractivity (Wildman–Crippen MR) is 74.7 cm³/mol. The predicted octanol–water partition coefficient (Wildman–Crippen LogP) is 3.97. The number of imidazole rings is 1. The Morgan fingerprint density at radius 2 is 2.20 bits per heavy atom. The maximum absolute atomic E-state index is 12.8. The Hall–Kier alpha value is -1.91. The van der Waals surface area contributed by atoms with Gasteiger partial charge < -0.3 is 10.3 Å². The number of aromatic nitrogens is 2. The van der Waals surface area contributed by atoms with Crippen LogP contribution in [0, 0.1) is 0 Å². The highest BCUT2D eigenvalue weighted by Crippen LogP contribution is 2.35. The molecule has 20 heavy (non-hydrogen) atoms. The maximum Gasteiger partial charge on any atom is 0.263 e. The Labute approximate surface area is 116 Å². The van der Waals surface area contributed by atoms with Crippen LogP contribution in [0.3, 0.4) is 0 Å². The van der Waals surface area contributed by atoms with Crippen LogP contribution in [0.15, 0.2) is 24.3 Å². The fourth-order valence-electron chi connectivity index (χ4n) is 2.88. The van der Waals surface area contributed by atoms with E-state index in [2.05, 4.69) is 11.9 Å². The molecule has 0 saturated heterocycles. The number of anilines is 1. The first-order valence-corrected chi connectivity index (χ1v) is 6.83. The molecule has 0 spiro atoms. The third kappa shape index (κ3) is 2.07. The lowest BCUT2D eigenvalue weighted by Crippen LogP contribution is -2.16. The number of nitrogens with zero attached hydrogens (tertiary/aromatic N) is 2. The second-order valence-corrected chi connectivity index (χ2v) is 5.30. The summed E-state index contributed by atoms with van der Waals surface area (Å²) >= 11 is 0. The van der Waals surface area contributed by atoms with E-state index in [-0.39, 0.29) is 5.56 Å². The highest BCUT2D eigenvalue weighted by atomic mass is 19.3. The van der Waals surface area contributed by atoms with Crippen LogP contribution in [-0.2, 0) is 6.42 Å². The lowest BCUT2D eigenvalue weighted by atomic mass is 10.1. The summed E-state index contributed by atoms with van der Waals surface area (Å²) in [5, 5.41) is 0. The molecule has 0 bridgehead atoms. The van der Waals surface area contributed by atoms with Gasteiger partial charge in [-0.2, -0.15) is 0 Å². The van der Waals surface area contributed by atoms with E-state index >= 15 is 0 Å². The zero-order valence-corrected chi connectivity index (χ0v) is 11.3. The van der Waals surface area contributed by atoms with Crippen molar-refractivity contribution in [2.75, 3.05) is 5.73 Å². The van der Waals surface area contributed by atoms with Gasteiger partial charge in [0.2, 0.25) is 0 Å². The number of benzene rings is 1. The third-order valence-electron chi connectivity index (χ3n) is 3.90. The van der Waals surface area contributed by atoms with Crippen molar-refractivity contribution in [1.82, 2.24) is 9.55 Å². The Kier molecular flexibility index (Phi) is 3.20. The molecule has 1 aromatic heterocycles. The minimum atomic E-state index is -2.48. The molecule has 2 aromatic rings. The Balaban J connectivity index is 2.09. The molecule has 106 valence electrons. The molecule has 1 unspecified atom stereocenters. The molecule has 0 saturated carbocycles. The summed E-state index contributed by atoms with van der Waals surface area (Å²) in [4.78, 5) is 4.56. The van der Waals surface area contributed by atoms with E-state index in [4.69, 9.17) is 5.73 Å². The van der Waals surface area contributed by atoms with E-state index < -0.39 is 6.43 Å². The quantitative estimate of drug-likeness (QED) is 0.902. The lowest BCUT2D eigenvalue weighted by molar-refractivity contribution is 0.151. The average molecular weight is 277 g/mol. The van der Waals surface area contributed by atoms with Gasteiger partial charge in [-0.1, -0.05) is 18.2 Å². The van der Waals surface area contributed by atoms with Gasteiger partial charge in [0.15, 0.2) is 0 Å². The molecule has 0 amide bonds. The van der Waals surface area contributed by atoms with Crippen molar-refractivity contribution < 1.29 is 8.78 Å². The van der Waals surface area contributed by atoms with Gasteiger partial charge in [-0.25, -0.2) is 13.8 Å². The first-order valence-electron chi connectivity index (χ1n) is 6.83. The van der Waals surface area contributed by atoms with Crippen LogP contribution < -0.4 is 5.73 Å². The van der Waals surface area contributed by atoms with Gasteiger partial charge in [0, 0.05) is 23.6 Å². The maximum atomic E-state index is 12.8. The third-order valence-corrected chi connectivity index (χ3v) is 3.90. The lowest BCUT2D eigenvalue weighted by Gasteiger charge is -2.22. The van der Waals surface area contributed by atoms with E-state index in [9.17, 15) is 8.78 Å². The van der Waals surface area contributed by atoms with Gasteiger partial charge in [0.05, 0.1) is 0 Å². The number of aryl methyl sites for hydroxylation is 1. The molecular formula is C15H17F2N3. The highest BCUT2D eigenvalue weighted by Gasteiger charge is 2.23. The molecule has 3 nitrogen and oxygen atoms in total. The zero-order chi connectivity index (χ0) is 14.3. The Morgan fingerprint density at radius 3 is 2.90 bits per heavy atom. The monoisotopic (exact) mass is 277 g/mol. The normalized spacial score (nSPS) is 18.3. The smallest absolute Gasteiger partial charge is 0.263 e. The van der Waals surface area contributed by atoms with Gasteiger partial charge in [0.1, 0.15) is 17.3 Å². The van der Waals surface area contributed by atoms with Crippen molar-refractivity contribution in [2.24, 2.45) is 0 Å². The van der Waals surface area contributed by atoms with E-state index in [1.54, 1.807) is 12.1 Å². The molecule has 2 N–H and O–H groups in total. The van der Waals surface area contributed by atoms with Crippen LogP contribution in [0.2, 0.25) is 0 Å². The molecular weight excluding hydrogens is 260 g/mol. The number of hydrogen-bond acceptors (Lipinski definition) is 2. The van der Waals surface area contributed by atoms with Crippen LogP contribution in [0.5, 0.6) is 0 Å². The molecule has 1 aliphatic rings. The van der Waals surface area contributed by atoms with Crippen molar-refractivity contribution in [1.29, 1.82) is 0 Å². The number of rotatable bonds is 2. The van der Waals surface area contributed by atoms with Gasteiger partial charge in [-0.05, 0) is 25.8 Å². The molecule has 0 aliphatic carbocycles. The van der Waals surface area contributed by atoms with Crippen LogP contribution in [0.1, 0.15) is 43.6 Å². The second-order valence-electron chi connectivity index (χ2n) is 5.30. The molecule has 5 heteroatoms. The first-order chi connectivity index (χ1) is 9.58. The van der Waals surface area contributed by atoms with E-state index in [0.29, 0.717) is 23.1 Å². The summed E-state index contributed by atoms with van der Waals surface area (Å²) in [7, 11) is 0. The minimum Gasteiger partial charge on any atom is -0.383 e. The van der Waals surface area contributed by atoms with Crippen LogP contribution in [0.4, 0.5) is 14.6 Å². The first kappa shape index (κ1) is 13.1. The van der Waals surface area contributed by atoms with Crippen molar-refractivity contribution in [3.05, 3.63) is 35.7 Å². The molecule has 1 atom stereocenters. The Morgan fingerprint density at radius 1 is 1.40 bits per heavy atom. The highest BCUT2D eigenvalue weighted by molar-refractivity contribution is 5.71. The summed E-state index contributed by atoms with van der Waals surface area (Å²) in [6, 6.07) is 6.61. The molecule has 0 fully saturated rings. The van der Waals surface area contributed by atoms with E-state index in [1.807, 2.05) is 4.57 Å². The standard InChI is InChI=1S/C15H17F2N3/c1-9-4-2-7-12-19-13(15(18)20(9)12)10-5-3-6-11(8-10)14(16)17/h3,5-6,8-9,14H,2,4,7,18H2,1H3. The summed E-state index contributed by atoms with van der Waals surface area (Å²) in [6.45, 7) is 2.11. The van der Waals surface area contributed by atoms with Crippen molar-refractivity contribution >= 4 is 5.82 Å². The summed E-state index contributed by atoms with van der Waals surface area (Å²) < 4.78 is 27.6. The molecule has 1 aromatic carbocycles. The van der Waals surface area contributed by atoms with Crippen LogP contribution >= 0.6 is 0 Å². The summed E-state index contributed by atoms with van der Waals surface area (Å²) in [5.74, 6) is 1.54. The zero-order valence-electron chi connectivity index (χ0n) is 11.3. The molecule has 2 heterocycles. The number of nitrogen functional groups attached to an aromatic ring is 1. The summed E-state index contributed by atoms with van der Waals surface area (Å²) in [6.07, 6.45) is 0.578. The van der Waals surface area contributed by atoms with Gasteiger partial charge >= 0.3 is 0 Å². The molecule has 0 radical (unpaired) electrons. The fraction of sp³-hybridized carbons (Fsp3) is 0.400. The summed E-state index contributed by atoms with van der Waals surface area (Å²) in [5.41, 5.74) is 7.47. The van der Waals surface area contributed by atoms with Crippen molar-refractivity contribution in [3.63, 3.8) is 0 Å². The minimum absolute atomic E-state index is 0.000852. The fourth-order valence-corrected chi connectivity index (χ4v) is 2.88. The number of alkyl halides is 2. The van der Waals surface area contributed by atoms with Gasteiger partial charge in [-0.15, -0.1) is 0 Å². The van der Waals surface area contributed by atoms with E-state index in [0.717, 1.165) is 25.1 Å². The SMILES string of the molecule is CC1CCCc2nc(-c3cccc(C(F)F)c3)c(N)n21. The van der Waals surface area contributed by atoms with Crippen molar-refractivity contribution in [3.8, 4) is 11.3 Å². The van der Waals surface area contributed by atoms with Crippen LogP contribution in [0.25, 0.3) is 11.3 Å². The largest absolute Gasteiger partial charge is 0.383 e. The molecule has 1 aliphatic heterocycles. The number of hydrogen-bond donors (Lipinski definition) is 1. The number of nitrogens with two attached hydrogens (primary N) is 1. The Bertz CT molecular complexity index is 634. The number of halogens is 2. The topological polar surface area (TPSA) is 43.8 Å². The van der Waals surface area contributed by atoms with Gasteiger partial charge in [-0.3, -0.25) is 0 Å². The average Bonchev–Trinajstić information content (AvgIpc) is 2.77. The number of fused-ring (bicyclic) bond motifs is 1. The second kappa shape index (κ2) is 4.89.